The van der Waals surface area contributed by atoms with Gasteiger partial charge in [0, 0.05) is 17.8 Å². The van der Waals surface area contributed by atoms with Crippen LogP contribution in [0.5, 0.6) is 11.6 Å². The molecule has 1 aromatic heterocycles. The van der Waals surface area contributed by atoms with E-state index in [0.717, 1.165) is 5.56 Å². The van der Waals surface area contributed by atoms with Crippen molar-refractivity contribution in [3.05, 3.63) is 78.5 Å². The van der Waals surface area contributed by atoms with Crippen LogP contribution in [0.25, 0.3) is 11.1 Å². The van der Waals surface area contributed by atoms with E-state index in [0.29, 0.717) is 34.9 Å². The average Bonchev–Trinajstić information content (AvgIpc) is 2.77. The SMILES string of the molecule is CSCC[C@H](NC(=O)c1ccc(Oc2ccccn2)cc1-c1ccccc1)C(=O)O. The first-order valence-corrected chi connectivity index (χ1v) is 10.8. The largest absolute Gasteiger partial charge is 0.480 e. The molecule has 0 saturated carbocycles. The van der Waals surface area contributed by atoms with Crippen molar-refractivity contribution in [3.63, 3.8) is 0 Å². The highest BCUT2D eigenvalue weighted by molar-refractivity contribution is 7.98. The van der Waals surface area contributed by atoms with Gasteiger partial charge in [-0.1, -0.05) is 36.4 Å². The number of hydrogen-bond donors (Lipinski definition) is 2. The van der Waals surface area contributed by atoms with Crippen molar-refractivity contribution < 1.29 is 19.4 Å². The number of rotatable bonds is 9. The molecule has 0 spiro atoms. The van der Waals surface area contributed by atoms with Crippen molar-refractivity contribution >= 4 is 23.6 Å². The van der Waals surface area contributed by atoms with Crippen molar-refractivity contribution in [2.24, 2.45) is 0 Å². The Morgan fingerprint density at radius 1 is 1.10 bits per heavy atom. The zero-order valence-corrected chi connectivity index (χ0v) is 17.3. The summed E-state index contributed by atoms with van der Waals surface area (Å²) in [6, 6.07) is 18.9. The van der Waals surface area contributed by atoms with Gasteiger partial charge in [0.1, 0.15) is 11.8 Å². The Kier molecular flexibility index (Phi) is 7.45. The number of ether oxygens (including phenoxy) is 1. The molecule has 0 aliphatic carbocycles. The molecule has 0 unspecified atom stereocenters. The molecule has 3 aromatic rings. The average molecular weight is 423 g/mol. The van der Waals surface area contributed by atoms with Crippen LogP contribution in [0.15, 0.2) is 72.9 Å². The molecule has 2 aromatic carbocycles. The molecule has 3 rings (SSSR count). The van der Waals surface area contributed by atoms with Crippen LogP contribution in [0, 0.1) is 0 Å². The van der Waals surface area contributed by atoms with Crippen molar-refractivity contribution in [2.75, 3.05) is 12.0 Å². The normalized spacial score (nSPS) is 11.5. The van der Waals surface area contributed by atoms with E-state index in [2.05, 4.69) is 10.3 Å². The standard InChI is InChI=1S/C23H22N2O4S/c1-30-14-12-20(23(27)28)25-22(26)18-11-10-17(29-21-9-5-6-13-24-21)15-19(18)16-7-3-2-4-8-16/h2-11,13,15,20H,12,14H2,1H3,(H,25,26)(H,27,28)/t20-/m0/s1. The van der Waals surface area contributed by atoms with Gasteiger partial charge in [-0.2, -0.15) is 11.8 Å². The number of pyridine rings is 1. The van der Waals surface area contributed by atoms with Gasteiger partial charge in [-0.3, -0.25) is 4.79 Å². The number of hydrogen-bond acceptors (Lipinski definition) is 5. The number of benzene rings is 2. The fourth-order valence-corrected chi connectivity index (χ4v) is 3.37. The van der Waals surface area contributed by atoms with Crippen LogP contribution in [-0.4, -0.2) is 40.0 Å². The van der Waals surface area contributed by atoms with Gasteiger partial charge in [-0.25, -0.2) is 9.78 Å². The smallest absolute Gasteiger partial charge is 0.326 e. The van der Waals surface area contributed by atoms with Gasteiger partial charge in [-0.15, -0.1) is 0 Å². The molecule has 2 N–H and O–H groups in total. The fourth-order valence-electron chi connectivity index (χ4n) is 2.90. The van der Waals surface area contributed by atoms with E-state index in [1.807, 2.05) is 42.7 Å². The number of carboxylic acids is 1. The third-order valence-electron chi connectivity index (χ3n) is 4.39. The molecule has 7 heteroatoms. The Balaban J connectivity index is 1.92. The van der Waals surface area contributed by atoms with Crippen molar-refractivity contribution in [3.8, 4) is 22.8 Å². The van der Waals surface area contributed by atoms with Crippen LogP contribution in [0.4, 0.5) is 0 Å². The molecule has 0 saturated heterocycles. The Morgan fingerprint density at radius 3 is 2.53 bits per heavy atom. The highest BCUT2D eigenvalue weighted by Gasteiger charge is 2.22. The highest BCUT2D eigenvalue weighted by atomic mass is 32.2. The summed E-state index contributed by atoms with van der Waals surface area (Å²) in [5.41, 5.74) is 1.85. The van der Waals surface area contributed by atoms with Gasteiger partial charge in [0.25, 0.3) is 5.91 Å². The summed E-state index contributed by atoms with van der Waals surface area (Å²) in [5, 5.41) is 12.1. The first-order valence-electron chi connectivity index (χ1n) is 9.39. The van der Waals surface area contributed by atoms with Crippen LogP contribution in [0.1, 0.15) is 16.8 Å². The molecular weight excluding hydrogens is 400 g/mol. The molecule has 0 aliphatic heterocycles. The first-order chi connectivity index (χ1) is 14.6. The predicted octanol–water partition coefficient (Wildman–Crippen LogP) is 4.48. The van der Waals surface area contributed by atoms with Crippen molar-refractivity contribution in [1.29, 1.82) is 0 Å². The van der Waals surface area contributed by atoms with Crippen LogP contribution < -0.4 is 10.1 Å². The predicted molar refractivity (Wildman–Crippen MR) is 118 cm³/mol. The summed E-state index contributed by atoms with van der Waals surface area (Å²) in [7, 11) is 0. The molecule has 1 heterocycles. The van der Waals surface area contributed by atoms with E-state index in [1.54, 1.807) is 36.5 Å². The number of aliphatic carboxylic acids is 1. The third kappa shape index (κ3) is 5.61. The number of thioether (sulfide) groups is 1. The minimum atomic E-state index is -1.05. The minimum absolute atomic E-state index is 0.351. The lowest BCUT2D eigenvalue weighted by atomic mass is 9.98. The molecule has 30 heavy (non-hydrogen) atoms. The summed E-state index contributed by atoms with van der Waals surface area (Å²) in [6.07, 6.45) is 3.88. The maximum atomic E-state index is 13.0. The number of nitrogens with one attached hydrogen (secondary N) is 1. The first kappa shape index (κ1) is 21.4. The number of nitrogens with zero attached hydrogens (tertiary/aromatic N) is 1. The zero-order chi connectivity index (χ0) is 21.3. The lowest BCUT2D eigenvalue weighted by molar-refractivity contribution is -0.139. The topological polar surface area (TPSA) is 88.5 Å². The second-order valence-electron chi connectivity index (χ2n) is 6.49. The summed E-state index contributed by atoms with van der Waals surface area (Å²) < 4.78 is 5.81. The maximum absolute atomic E-state index is 13.0. The van der Waals surface area contributed by atoms with Crippen molar-refractivity contribution in [2.45, 2.75) is 12.5 Å². The number of carbonyl (C=O) groups is 2. The summed E-state index contributed by atoms with van der Waals surface area (Å²) >= 11 is 1.54. The van der Waals surface area contributed by atoms with E-state index >= 15 is 0 Å². The fraction of sp³-hybridized carbons (Fsp3) is 0.174. The molecule has 0 radical (unpaired) electrons. The van der Waals surface area contributed by atoms with E-state index < -0.39 is 17.9 Å². The van der Waals surface area contributed by atoms with Crippen LogP contribution in [0.3, 0.4) is 0 Å². The molecule has 0 bridgehead atoms. The molecule has 1 amide bonds. The van der Waals surface area contributed by atoms with Gasteiger partial charge in [0.15, 0.2) is 0 Å². The maximum Gasteiger partial charge on any atom is 0.326 e. The molecule has 1 atom stereocenters. The highest BCUT2D eigenvalue weighted by Crippen LogP contribution is 2.30. The Hall–Kier alpha value is -3.32. The molecular formula is C23H22N2O4S. The second kappa shape index (κ2) is 10.5. The van der Waals surface area contributed by atoms with Crippen LogP contribution in [0.2, 0.25) is 0 Å². The summed E-state index contributed by atoms with van der Waals surface area (Å²) in [4.78, 5) is 28.6. The van der Waals surface area contributed by atoms with Gasteiger partial charge in [-0.05, 0) is 53.8 Å². The van der Waals surface area contributed by atoms with Gasteiger partial charge in [0.2, 0.25) is 5.88 Å². The lowest BCUT2D eigenvalue weighted by Crippen LogP contribution is -2.41. The molecule has 0 fully saturated rings. The lowest BCUT2D eigenvalue weighted by Gasteiger charge is -2.17. The van der Waals surface area contributed by atoms with E-state index in [1.165, 1.54) is 11.8 Å². The Bertz CT molecular complexity index is 997. The summed E-state index contributed by atoms with van der Waals surface area (Å²) in [6.45, 7) is 0. The third-order valence-corrected chi connectivity index (χ3v) is 5.04. The zero-order valence-electron chi connectivity index (χ0n) is 16.4. The second-order valence-corrected chi connectivity index (χ2v) is 7.47. The Labute approximate surface area is 179 Å². The van der Waals surface area contributed by atoms with E-state index in [4.69, 9.17) is 4.74 Å². The minimum Gasteiger partial charge on any atom is -0.480 e. The van der Waals surface area contributed by atoms with Crippen LogP contribution in [-0.2, 0) is 4.79 Å². The molecule has 6 nitrogen and oxygen atoms in total. The Morgan fingerprint density at radius 2 is 1.87 bits per heavy atom. The number of aromatic nitrogens is 1. The van der Waals surface area contributed by atoms with E-state index in [9.17, 15) is 14.7 Å². The monoisotopic (exact) mass is 422 g/mol. The van der Waals surface area contributed by atoms with Gasteiger partial charge < -0.3 is 15.2 Å². The quantitative estimate of drug-likeness (QED) is 0.529. The number of carboxylic acid groups (broad SMARTS) is 1. The van der Waals surface area contributed by atoms with Crippen molar-refractivity contribution in [1.82, 2.24) is 10.3 Å². The van der Waals surface area contributed by atoms with Gasteiger partial charge in [0.05, 0.1) is 0 Å². The number of amides is 1. The summed E-state index contributed by atoms with van der Waals surface area (Å²) in [5.74, 6) is 0.123. The number of carbonyl (C=O) groups excluding carboxylic acids is 1. The van der Waals surface area contributed by atoms with Crippen LogP contribution >= 0.6 is 11.8 Å². The molecule has 0 aliphatic rings. The molecule has 154 valence electrons. The van der Waals surface area contributed by atoms with E-state index in [-0.39, 0.29) is 0 Å². The van der Waals surface area contributed by atoms with Gasteiger partial charge >= 0.3 is 5.97 Å².